The summed E-state index contributed by atoms with van der Waals surface area (Å²) in [5.74, 6) is 0.363. The Hall–Kier alpha value is -1.19. The maximum atomic E-state index is 9.77. The van der Waals surface area contributed by atoms with Crippen LogP contribution in [0.25, 0.3) is 10.9 Å². The van der Waals surface area contributed by atoms with Crippen LogP contribution in [0, 0.1) is 0 Å². The predicted octanol–water partition coefficient (Wildman–Crippen LogP) is 2.40. The van der Waals surface area contributed by atoms with Gasteiger partial charge in [0.15, 0.2) is 0 Å². The number of phenols is 1. The SMILES string of the molecule is CN(C)CCc1c[nH]c2cccc(O)c12.Cl. The summed E-state index contributed by atoms with van der Waals surface area (Å²) in [5, 5.41) is 10.7. The molecule has 0 spiro atoms. The van der Waals surface area contributed by atoms with Gasteiger partial charge in [0.1, 0.15) is 5.75 Å². The third-order valence-electron chi connectivity index (χ3n) is 2.59. The maximum Gasteiger partial charge on any atom is 0.125 e. The summed E-state index contributed by atoms with van der Waals surface area (Å²) in [4.78, 5) is 5.31. The van der Waals surface area contributed by atoms with Crippen molar-refractivity contribution in [3.8, 4) is 5.75 Å². The summed E-state index contributed by atoms with van der Waals surface area (Å²) >= 11 is 0. The van der Waals surface area contributed by atoms with Crippen LogP contribution < -0.4 is 0 Å². The molecule has 3 nitrogen and oxygen atoms in total. The van der Waals surface area contributed by atoms with E-state index in [-0.39, 0.29) is 12.4 Å². The Kier molecular flexibility index (Phi) is 4.21. The smallest absolute Gasteiger partial charge is 0.125 e. The van der Waals surface area contributed by atoms with Gasteiger partial charge >= 0.3 is 0 Å². The van der Waals surface area contributed by atoms with Crippen molar-refractivity contribution in [2.45, 2.75) is 6.42 Å². The number of benzene rings is 1. The van der Waals surface area contributed by atoms with Gasteiger partial charge < -0.3 is 15.0 Å². The van der Waals surface area contributed by atoms with E-state index < -0.39 is 0 Å². The molecule has 0 fully saturated rings. The second-order valence-corrected chi connectivity index (χ2v) is 4.07. The lowest BCUT2D eigenvalue weighted by Crippen LogP contribution is -2.14. The van der Waals surface area contributed by atoms with Crippen molar-refractivity contribution < 1.29 is 5.11 Å². The van der Waals surface area contributed by atoms with Gasteiger partial charge in [-0.3, -0.25) is 0 Å². The zero-order valence-corrected chi connectivity index (χ0v) is 10.3. The first-order valence-corrected chi connectivity index (χ1v) is 5.11. The van der Waals surface area contributed by atoms with Crippen LogP contribution in [0.2, 0.25) is 0 Å². The van der Waals surface area contributed by atoms with E-state index in [1.807, 2.05) is 18.3 Å². The number of rotatable bonds is 3. The Bertz CT molecular complexity index is 465. The Morgan fingerprint density at radius 3 is 2.75 bits per heavy atom. The quantitative estimate of drug-likeness (QED) is 0.865. The molecule has 0 aliphatic rings. The van der Waals surface area contributed by atoms with Crippen molar-refractivity contribution in [1.29, 1.82) is 0 Å². The van der Waals surface area contributed by atoms with E-state index in [9.17, 15) is 5.11 Å². The minimum Gasteiger partial charge on any atom is -0.507 e. The molecule has 2 aromatic rings. The maximum absolute atomic E-state index is 9.77. The molecule has 0 saturated carbocycles. The number of aromatic amines is 1. The van der Waals surface area contributed by atoms with Crippen molar-refractivity contribution in [3.63, 3.8) is 0 Å². The molecule has 0 aliphatic heterocycles. The van der Waals surface area contributed by atoms with Crippen LogP contribution in [0.15, 0.2) is 24.4 Å². The number of phenolic OH excluding ortho intramolecular Hbond substituents is 1. The molecule has 1 aromatic carbocycles. The standard InChI is InChI=1S/C12H16N2O.ClH/c1-14(2)7-6-9-8-13-10-4-3-5-11(15)12(9)10;/h3-5,8,13,15H,6-7H2,1-2H3;1H. The Morgan fingerprint density at radius 2 is 2.06 bits per heavy atom. The fraction of sp³-hybridized carbons (Fsp3) is 0.333. The van der Waals surface area contributed by atoms with Gasteiger partial charge in [0, 0.05) is 23.6 Å². The van der Waals surface area contributed by atoms with Gasteiger partial charge in [0.25, 0.3) is 0 Å². The fourth-order valence-corrected chi connectivity index (χ4v) is 1.78. The topological polar surface area (TPSA) is 39.3 Å². The first kappa shape index (κ1) is 12.9. The van der Waals surface area contributed by atoms with Gasteiger partial charge in [0.2, 0.25) is 0 Å². The van der Waals surface area contributed by atoms with Crippen molar-refractivity contribution >= 4 is 23.3 Å². The van der Waals surface area contributed by atoms with Crippen LogP contribution >= 0.6 is 12.4 Å². The van der Waals surface area contributed by atoms with Crippen molar-refractivity contribution in [2.24, 2.45) is 0 Å². The van der Waals surface area contributed by atoms with E-state index in [0.29, 0.717) is 5.75 Å². The average molecular weight is 241 g/mol. The number of fused-ring (bicyclic) bond motifs is 1. The van der Waals surface area contributed by atoms with Gasteiger partial charge in [-0.2, -0.15) is 0 Å². The van der Waals surface area contributed by atoms with E-state index in [1.165, 1.54) is 5.56 Å². The molecule has 2 rings (SSSR count). The van der Waals surface area contributed by atoms with E-state index in [0.717, 1.165) is 23.9 Å². The van der Waals surface area contributed by atoms with Crippen molar-refractivity contribution in [2.75, 3.05) is 20.6 Å². The molecule has 4 heteroatoms. The Morgan fingerprint density at radius 1 is 1.31 bits per heavy atom. The number of nitrogens with one attached hydrogen (secondary N) is 1. The summed E-state index contributed by atoms with van der Waals surface area (Å²) in [6.07, 6.45) is 2.93. The number of nitrogens with zero attached hydrogens (tertiary/aromatic N) is 1. The Balaban J connectivity index is 0.00000128. The Labute approximate surface area is 101 Å². The first-order chi connectivity index (χ1) is 7.18. The van der Waals surface area contributed by atoms with Gasteiger partial charge in [-0.15, -0.1) is 12.4 Å². The highest BCUT2D eigenvalue weighted by molar-refractivity contribution is 5.88. The van der Waals surface area contributed by atoms with Crippen LogP contribution in [-0.2, 0) is 6.42 Å². The second kappa shape index (κ2) is 5.23. The van der Waals surface area contributed by atoms with E-state index >= 15 is 0 Å². The summed E-state index contributed by atoms with van der Waals surface area (Å²) < 4.78 is 0. The second-order valence-electron chi connectivity index (χ2n) is 4.07. The molecule has 0 bridgehead atoms. The number of aromatic hydroxyl groups is 1. The minimum atomic E-state index is 0. The third-order valence-corrected chi connectivity index (χ3v) is 2.59. The van der Waals surface area contributed by atoms with Crippen LogP contribution in [0.1, 0.15) is 5.56 Å². The summed E-state index contributed by atoms with van der Waals surface area (Å²) in [5.41, 5.74) is 2.18. The number of hydrogen-bond acceptors (Lipinski definition) is 2. The number of aromatic nitrogens is 1. The molecule has 16 heavy (non-hydrogen) atoms. The number of likely N-dealkylation sites (N-methyl/N-ethyl adjacent to an activating group) is 1. The molecule has 0 amide bonds. The van der Waals surface area contributed by atoms with Crippen LogP contribution in [0.5, 0.6) is 5.75 Å². The number of halogens is 1. The first-order valence-electron chi connectivity index (χ1n) is 5.11. The van der Waals surface area contributed by atoms with Crippen LogP contribution in [0.4, 0.5) is 0 Å². The molecular formula is C12H17ClN2O. The molecule has 0 atom stereocenters. The van der Waals surface area contributed by atoms with Gasteiger partial charge in [-0.25, -0.2) is 0 Å². The largest absolute Gasteiger partial charge is 0.507 e. The van der Waals surface area contributed by atoms with Gasteiger partial charge in [-0.1, -0.05) is 6.07 Å². The van der Waals surface area contributed by atoms with E-state index in [1.54, 1.807) is 6.07 Å². The lowest BCUT2D eigenvalue weighted by atomic mass is 10.1. The highest BCUT2D eigenvalue weighted by Gasteiger charge is 2.07. The predicted molar refractivity (Wildman–Crippen MR) is 69.5 cm³/mol. The summed E-state index contributed by atoms with van der Waals surface area (Å²) in [6.45, 7) is 0.987. The molecule has 88 valence electrons. The van der Waals surface area contributed by atoms with Gasteiger partial charge in [0.05, 0.1) is 0 Å². The summed E-state index contributed by atoms with van der Waals surface area (Å²) in [6, 6.07) is 5.56. The number of hydrogen-bond donors (Lipinski definition) is 2. The third kappa shape index (κ3) is 2.49. The zero-order chi connectivity index (χ0) is 10.8. The normalized spacial score (nSPS) is 10.7. The van der Waals surface area contributed by atoms with Crippen LogP contribution in [0.3, 0.4) is 0 Å². The average Bonchev–Trinajstić information content (AvgIpc) is 2.59. The molecule has 0 unspecified atom stereocenters. The molecule has 0 saturated heterocycles. The zero-order valence-electron chi connectivity index (χ0n) is 9.53. The molecule has 1 aromatic heterocycles. The molecule has 0 radical (unpaired) electrons. The molecule has 2 N–H and O–H groups in total. The molecular weight excluding hydrogens is 224 g/mol. The molecule has 0 aliphatic carbocycles. The lowest BCUT2D eigenvalue weighted by molar-refractivity contribution is 0.414. The fourth-order valence-electron chi connectivity index (χ4n) is 1.78. The minimum absolute atomic E-state index is 0. The van der Waals surface area contributed by atoms with E-state index in [2.05, 4.69) is 24.0 Å². The van der Waals surface area contributed by atoms with Crippen molar-refractivity contribution in [3.05, 3.63) is 30.0 Å². The summed E-state index contributed by atoms with van der Waals surface area (Å²) in [7, 11) is 4.10. The highest BCUT2D eigenvalue weighted by Crippen LogP contribution is 2.27. The highest BCUT2D eigenvalue weighted by atomic mass is 35.5. The van der Waals surface area contributed by atoms with Crippen molar-refractivity contribution in [1.82, 2.24) is 9.88 Å². The monoisotopic (exact) mass is 240 g/mol. The number of H-pyrrole nitrogens is 1. The lowest BCUT2D eigenvalue weighted by Gasteiger charge is -2.08. The van der Waals surface area contributed by atoms with E-state index in [4.69, 9.17) is 0 Å². The van der Waals surface area contributed by atoms with Gasteiger partial charge in [-0.05, 0) is 38.2 Å². The van der Waals surface area contributed by atoms with Crippen LogP contribution in [-0.4, -0.2) is 35.6 Å². The molecule has 1 heterocycles.